The van der Waals surface area contributed by atoms with E-state index >= 15 is 0 Å². The van der Waals surface area contributed by atoms with Gasteiger partial charge in [-0.1, -0.05) is 0 Å². The monoisotopic (exact) mass is 299 g/mol. The summed E-state index contributed by atoms with van der Waals surface area (Å²) in [7, 11) is 0. The first-order valence-corrected chi connectivity index (χ1v) is 6.81. The normalized spacial score (nSPS) is 17.0. The Bertz CT molecular complexity index is 325. The summed E-state index contributed by atoms with van der Waals surface area (Å²) in [6, 6.07) is 3.83. The van der Waals surface area contributed by atoms with Crippen LogP contribution in [0.3, 0.4) is 0 Å². The largest absolute Gasteiger partial charge is 0.478 e. The highest BCUT2D eigenvalue weighted by Gasteiger charge is 2.08. The van der Waals surface area contributed by atoms with Crippen molar-refractivity contribution in [2.75, 3.05) is 39.3 Å². The standard InChI is InChI=1S/C12H18BrN3O/c13-11-2-3-12(15-10-11)17-9-1-6-16-7-4-14-5-8-16/h2-3,10,14H,1,4-9H2. The van der Waals surface area contributed by atoms with Crippen LogP contribution < -0.4 is 10.1 Å². The van der Waals surface area contributed by atoms with Crippen molar-refractivity contribution in [1.82, 2.24) is 15.2 Å². The van der Waals surface area contributed by atoms with Gasteiger partial charge in [0.05, 0.1) is 6.61 Å². The maximum absolute atomic E-state index is 5.58. The maximum Gasteiger partial charge on any atom is 0.213 e. The van der Waals surface area contributed by atoms with Crippen LogP contribution in [-0.2, 0) is 0 Å². The predicted octanol–water partition coefficient (Wildman–Crippen LogP) is 1.52. The van der Waals surface area contributed by atoms with Crippen LogP contribution in [0.2, 0.25) is 0 Å². The van der Waals surface area contributed by atoms with E-state index in [2.05, 4.69) is 31.1 Å². The van der Waals surface area contributed by atoms with Crippen molar-refractivity contribution in [1.29, 1.82) is 0 Å². The molecule has 0 spiro atoms. The SMILES string of the molecule is Brc1ccc(OCCCN2CCNCC2)nc1. The van der Waals surface area contributed by atoms with Crippen molar-refractivity contribution < 1.29 is 4.74 Å². The van der Waals surface area contributed by atoms with E-state index in [9.17, 15) is 0 Å². The van der Waals surface area contributed by atoms with E-state index in [1.54, 1.807) is 6.20 Å². The summed E-state index contributed by atoms with van der Waals surface area (Å²) in [5.41, 5.74) is 0. The van der Waals surface area contributed by atoms with Gasteiger partial charge in [-0.05, 0) is 28.4 Å². The van der Waals surface area contributed by atoms with Crippen LogP contribution in [-0.4, -0.2) is 49.2 Å². The predicted molar refractivity (Wildman–Crippen MR) is 71.4 cm³/mol. The number of hydrogen-bond acceptors (Lipinski definition) is 4. The van der Waals surface area contributed by atoms with Crippen molar-refractivity contribution in [2.24, 2.45) is 0 Å². The molecule has 0 radical (unpaired) electrons. The molecule has 0 bridgehead atoms. The molecule has 1 saturated heterocycles. The molecule has 5 heteroatoms. The van der Waals surface area contributed by atoms with Gasteiger partial charge in [-0.15, -0.1) is 0 Å². The fraction of sp³-hybridized carbons (Fsp3) is 0.583. The second-order valence-corrected chi connectivity index (χ2v) is 5.02. The molecule has 94 valence electrons. The number of ether oxygens (including phenoxy) is 1. The first-order chi connectivity index (χ1) is 8.34. The van der Waals surface area contributed by atoms with E-state index in [-0.39, 0.29) is 0 Å². The lowest BCUT2D eigenvalue weighted by atomic mass is 10.3. The van der Waals surface area contributed by atoms with Gasteiger partial charge in [0.2, 0.25) is 5.88 Å². The third-order valence-electron chi connectivity index (χ3n) is 2.78. The lowest BCUT2D eigenvalue weighted by molar-refractivity contribution is 0.211. The van der Waals surface area contributed by atoms with Crippen molar-refractivity contribution in [2.45, 2.75) is 6.42 Å². The lowest BCUT2D eigenvalue weighted by Crippen LogP contribution is -2.43. The Balaban J connectivity index is 1.60. The van der Waals surface area contributed by atoms with Gasteiger partial charge in [-0.25, -0.2) is 4.98 Å². The number of piperazine rings is 1. The van der Waals surface area contributed by atoms with E-state index in [1.165, 1.54) is 0 Å². The third kappa shape index (κ3) is 4.61. The Morgan fingerprint density at radius 2 is 2.18 bits per heavy atom. The molecule has 1 aliphatic rings. The highest BCUT2D eigenvalue weighted by molar-refractivity contribution is 9.10. The van der Waals surface area contributed by atoms with Gasteiger partial charge < -0.3 is 15.0 Å². The molecule has 0 atom stereocenters. The molecule has 4 nitrogen and oxygen atoms in total. The van der Waals surface area contributed by atoms with Crippen molar-refractivity contribution in [3.8, 4) is 5.88 Å². The summed E-state index contributed by atoms with van der Waals surface area (Å²) in [6.45, 7) is 6.36. The summed E-state index contributed by atoms with van der Waals surface area (Å²) in [5.74, 6) is 0.702. The highest BCUT2D eigenvalue weighted by Crippen LogP contribution is 2.12. The number of nitrogens with one attached hydrogen (secondary N) is 1. The zero-order valence-electron chi connectivity index (χ0n) is 9.86. The number of pyridine rings is 1. The van der Waals surface area contributed by atoms with Gasteiger partial charge in [-0.3, -0.25) is 0 Å². The van der Waals surface area contributed by atoms with E-state index in [1.807, 2.05) is 12.1 Å². The molecule has 2 rings (SSSR count). The van der Waals surface area contributed by atoms with Crippen LogP contribution in [0, 0.1) is 0 Å². The number of halogens is 1. The van der Waals surface area contributed by atoms with Crippen LogP contribution in [0.5, 0.6) is 5.88 Å². The van der Waals surface area contributed by atoms with Crippen LogP contribution in [0.15, 0.2) is 22.8 Å². The minimum Gasteiger partial charge on any atom is -0.478 e. The molecule has 17 heavy (non-hydrogen) atoms. The average molecular weight is 300 g/mol. The van der Waals surface area contributed by atoms with Crippen LogP contribution >= 0.6 is 15.9 Å². The summed E-state index contributed by atoms with van der Waals surface area (Å²) < 4.78 is 6.56. The number of aromatic nitrogens is 1. The van der Waals surface area contributed by atoms with Gasteiger partial charge >= 0.3 is 0 Å². The summed E-state index contributed by atoms with van der Waals surface area (Å²) in [6.07, 6.45) is 2.81. The second-order valence-electron chi connectivity index (χ2n) is 4.11. The number of rotatable bonds is 5. The molecular formula is C12H18BrN3O. The van der Waals surface area contributed by atoms with E-state index in [4.69, 9.17) is 4.74 Å². The quantitative estimate of drug-likeness (QED) is 0.837. The molecule has 0 amide bonds. The third-order valence-corrected chi connectivity index (χ3v) is 3.25. The van der Waals surface area contributed by atoms with Crippen molar-refractivity contribution >= 4 is 15.9 Å². The van der Waals surface area contributed by atoms with Gasteiger partial charge in [0, 0.05) is 49.5 Å². The van der Waals surface area contributed by atoms with Gasteiger partial charge in [-0.2, -0.15) is 0 Å². The summed E-state index contributed by atoms with van der Waals surface area (Å²) in [5, 5.41) is 3.35. The molecule has 1 aromatic heterocycles. The molecular weight excluding hydrogens is 282 g/mol. The minimum absolute atomic E-state index is 0.702. The summed E-state index contributed by atoms with van der Waals surface area (Å²) >= 11 is 3.35. The Hall–Kier alpha value is -0.650. The average Bonchev–Trinajstić information content (AvgIpc) is 2.38. The topological polar surface area (TPSA) is 37.4 Å². The first kappa shape index (κ1) is 12.8. The molecule has 1 aliphatic heterocycles. The highest BCUT2D eigenvalue weighted by atomic mass is 79.9. The molecule has 1 aromatic rings. The van der Waals surface area contributed by atoms with Crippen LogP contribution in [0.25, 0.3) is 0 Å². The molecule has 0 unspecified atom stereocenters. The second kappa shape index (κ2) is 6.93. The Morgan fingerprint density at radius 1 is 1.35 bits per heavy atom. The van der Waals surface area contributed by atoms with Crippen LogP contribution in [0.1, 0.15) is 6.42 Å². The van der Waals surface area contributed by atoms with E-state index in [0.717, 1.165) is 50.2 Å². The Labute approximate surface area is 110 Å². The molecule has 1 N–H and O–H groups in total. The summed E-state index contributed by atoms with van der Waals surface area (Å²) in [4.78, 5) is 6.64. The minimum atomic E-state index is 0.702. The van der Waals surface area contributed by atoms with Crippen molar-refractivity contribution in [3.63, 3.8) is 0 Å². The fourth-order valence-electron chi connectivity index (χ4n) is 1.85. The Kier molecular flexibility index (Phi) is 5.22. The van der Waals surface area contributed by atoms with Crippen molar-refractivity contribution in [3.05, 3.63) is 22.8 Å². The van der Waals surface area contributed by atoms with Gasteiger partial charge in [0.1, 0.15) is 0 Å². The lowest BCUT2D eigenvalue weighted by Gasteiger charge is -2.26. The molecule has 0 aromatic carbocycles. The zero-order valence-corrected chi connectivity index (χ0v) is 11.4. The van der Waals surface area contributed by atoms with E-state index in [0.29, 0.717) is 5.88 Å². The van der Waals surface area contributed by atoms with Crippen LogP contribution in [0.4, 0.5) is 0 Å². The molecule has 1 fully saturated rings. The molecule has 0 aliphatic carbocycles. The fourth-order valence-corrected chi connectivity index (χ4v) is 2.08. The number of hydrogen-bond donors (Lipinski definition) is 1. The zero-order chi connectivity index (χ0) is 11.9. The van der Waals surface area contributed by atoms with Gasteiger partial charge in [0.15, 0.2) is 0 Å². The smallest absolute Gasteiger partial charge is 0.213 e. The number of nitrogens with zero attached hydrogens (tertiary/aromatic N) is 2. The molecule has 0 saturated carbocycles. The molecule has 2 heterocycles. The van der Waals surface area contributed by atoms with E-state index < -0.39 is 0 Å². The Morgan fingerprint density at radius 3 is 2.88 bits per heavy atom. The van der Waals surface area contributed by atoms with Gasteiger partial charge in [0.25, 0.3) is 0 Å². The maximum atomic E-state index is 5.58. The first-order valence-electron chi connectivity index (χ1n) is 6.02.